The summed E-state index contributed by atoms with van der Waals surface area (Å²) in [6.45, 7) is 2.49. The highest BCUT2D eigenvalue weighted by atomic mass is 16.6. The molecule has 0 atom stereocenters. The fourth-order valence-electron chi connectivity index (χ4n) is 1.07. The maximum absolute atomic E-state index is 11.1. The number of carbonyl (C=O) groups excluding carboxylic acids is 1. The summed E-state index contributed by atoms with van der Waals surface area (Å²) in [6, 6.07) is 8.90. The number of ether oxygens (including phenoxy) is 2. The van der Waals surface area contributed by atoms with Crippen LogP contribution in [0.25, 0.3) is 0 Å². The van der Waals surface area contributed by atoms with Crippen molar-refractivity contribution >= 4 is 5.97 Å². The topological polar surface area (TPSA) is 59.3 Å². The van der Waals surface area contributed by atoms with Crippen molar-refractivity contribution in [3.8, 4) is 6.07 Å². The smallest absolute Gasteiger partial charge is 0.332 e. The molecule has 0 aliphatic heterocycles. The number of nitriles is 1. The van der Waals surface area contributed by atoms with Crippen molar-refractivity contribution < 1.29 is 14.3 Å². The first-order valence-corrected chi connectivity index (χ1v) is 4.98. The van der Waals surface area contributed by atoms with Gasteiger partial charge in [0.2, 0.25) is 0 Å². The molecule has 0 fully saturated rings. The fraction of sp³-hybridized carbons (Fsp3) is 0.333. The van der Waals surface area contributed by atoms with Crippen LogP contribution in [0.4, 0.5) is 0 Å². The number of nitrogens with zero attached hydrogens (tertiary/aromatic N) is 1. The molecule has 0 aromatic heterocycles. The van der Waals surface area contributed by atoms with Crippen LogP contribution >= 0.6 is 0 Å². The third kappa shape index (κ3) is 4.11. The van der Waals surface area contributed by atoms with Gasteiger partial charge >= 0.3 is 5.97 Å². The van der Waals surface area contributed by atoms with Gasteiger partial charge in [0, 0.05) is 6.61 Å². The van der Waals surface area contributed by atoms with E-state index >= 15 is 0 Å². The Labute approximate surface area is 94.4 Å². The van der Waals surface area contributed by atoms with Gasteiger partial charge < -0.3 is 9.47 Å². The third-order valence-electron chi connectivity index (χ3n) is 1.91. The fourth-order valence-corrected chi connectivity index (χ4v) is 1.07. The molecule has 0 aliphatic carbocycles. The maximum Gasteiger partial charge on any atom is 0.332 e. The van der Waals surface area contributed by atoms with E-state index in [9.17, 15) is 4.79 Å². The van der Waals surface area contributed by atoms with Gasteiger partial charge in [-0.1, -0.05) is 12.1 Å². The molecule has 0 bridgehead atoms. The molecule has 0 spiro atoms. The average Bonchev–Trinajstić information content (AvgIpc) is 2.34. The molecule has 0 amide bonds. The monoisotopic (exact) mass is 219 g/mol. The molecule has 16 heavy (non-hydrogen) atoms. The molecule has 4 nitrogen and oxygen atoms in total. The Morgan fingerprint density at radius 1 is 1.38 bits per heavy atom. The molecule has 4 heteroatoms. The first-order chi connectivity index (χ1) is 7.76. The van der Waals surface area contributed by atoms with E-state index in [1.807, 2.05) is 13.0 Å². The highest BCUT2D eigenvalue weighted by molar-refractivity contribution is 5.70. The molecule has 1 aromatic carbocycles. The normalized spacial score (nSPS) is 9.50. The lowest BCUT2D eigenvalue weighted by atomic mass is 10.2. The zero-order valence-electron chi connectivity index (χ0n) is 9.10. The molecule has 1 rings (SSSR count). The summed E-state index contributed by atoms with van der Waals surface area (Å²) >= 11 is 0. The number of esters is 1. The summed E-state index contributed by atoms with van der Waals surface area (Å²) < 4.78 is 9.86. The molecular formula is C12H13NO3. The van der Waals surface area contributed by atoms with E-state index in [0.29, 0.717) is 12.2 Å². The van der Waals surface area contributed by atoms with E-state index in [4.69, 9.17) is 14.7 Å². The van der Waals surface area contributed by atoms with Gasteiger partial charge in [0.15, 0.2) is 0 Å². The van der Waals surface area contributed by atoms with Crippen LogP contribution in [0, 0.1) is 11.3 Å². The van der Waals surface area contributed by atoms with Crippen LogP contribution in [0.2, 0.25) is 0 Å². The van der Waals surface area contributed by atoms with Gasteiger partial charge in [-0.25, -0.2) is 4.79 Å². The van der Waals surface area contributed by atoms with E-state index in [-0.39, 0.29) is 19.2 Å². The van der Waals surface area contributed by atoms with Gasteiger partial charge in [-0.3, -0.25) is 0 Å². The molecule has 84 valence electrons. The molecule has 0 N–H and O–H groups in total. The number of carbonyl (C=O) groups is 1. The van der Waals surface area contributed by atoms with Crippen LogP contribution < -0.4 is 0 Å². The quantitative estimate of drug-likeness (QED) is 0.706. The van der Waals surface area contributed by atoms with Crippen molar-refractivity contribution in [1.29, 1.82) is 5.26 Å². The largest absolute Gasteiger partial charge is 0.459 e. The Morgan fingerprint density at radius 2 is 2.06 bits per heavy atom. The maximum atomic E-state index is 11.1. The summed E-state index contributed by atoms with van der Waals surface area (Å²) in [5.41, 5.74) is 1.44. The number of hydrogen-bond acceptors (Lipinski definition) is 4. The Bertz CT molecular complexity index is 378. The lowest BCUT2D eigenvalue weighted by molar-refractivity contribution is -0.150. The van der Waals surface area contributed by atoms with Crippen LogP contribution in [0.1, 0.15) is 18.1 Å². The standard InChI is InChI=1S/C12H13NO3/c1-2-15-9-12(14)16-8-11-5-3-10(7-13)4-6-11/h3-6H,2,8-9H2,1H3. The molecular weight excluding hydrogens is 206 g/mol. The Hall–Kier alpha value is -1.86. The minimum absolute atomic E-state index is 0.0211. The number of hydrogen-bond donors (Lipinski definition) is 0. The predicted octanol–water partition coefficient (Wildman–Crippen LogP) is 1.64. The van der Waals surface area contributed by atoms with Gasteiger partial charge in [-0.15, -0.1) is 0 Å². The lowest BCUT2D eigenvalue weighted by Crippen LogP contribution is -2.12. The van der Waals surface area contributed by atoms with E-state index < -0.39 is 0 Å². The van der Waals surface area contributed by atoms with Gasteiger partial charge in [0.05, 0.1) is 11.6 Å². The van der Waals surface area contributed by atoms with E-state index in [2.05, 4.69) is 0 Å². The Morgan fingerprint density at radius 3 is 2.62 bits per heavy atom. The summed E-state index contributed by atoms with van der Waals surface area (Å²) in [5, 5.41) is 8.59. The van der Waals surface area contributed by atoms with Crippen LogP contribution in [0.15, 0.2) is 24.3 Å². The Kier molecular flexibility index (Phi) is 5.03. The molecule has 0 saturated carbocycles. The van der Waals surface area contributed by atoms with Gasteiger partial charge in [0.25, 0.3) is 0 Å². The highest BCUT2D eigenvalue weighted by Gasteiger charge is 2.02. The molecule has 0 saturated heterocycles. The van der Waals surface area contributed by atoms with Gasteiger partial charge in [0.1, 0.15) is 13.2 Å². The first kappa shape index (κ1) is 12.2. The predicted molar refractivity (Wildman–Crippen MR) is 57.4 cm³/mol. The molecule has 1 aromatic rings. The summed E-state index contributed by atoms with van der Waals surface area (Å²) in [7, 11) is 0. The molecule has 0 heterocycles. The van der Waals surface area contributed by atoms with Crippen molar-refractivity contribution in [2.24, 2.45) is 0 Å². The first-order valence-electron chi connectivity index (χ1n) is 4.98. The van der Waals surface area contributed by atoms with Crippen molar-refractivity contribution in [1.82, 2.24) is 0 Å². The van der Waals surface area contributed by atoms with Crippen LogP contribution in [0.3, 0.4) is 0 Å². The second kappa shape index (κ2) is 6.59. The van der Waals surface area contributed by atoms with Crippen molar-refractivity contribution in [2.75, 3.05) is 13.2 Å². The van der Waals surface area contributed by atoms with Crippen LogP contribution in [0.5, 0.6) is 0 Å². The van der Waals surface area contributed by atoms with E-state index in [1.165, 1.54) is 0 Å². The lowest BCUT2D eigenvalue weighted by Gasteiger charge is -2.04. The second-order valence-corrected chi connectivity index (χ2v) is 3.11. The van der Waals surface area contributed by atoms with Crippen LogP contribution in [-0.2, 0) is 20.9 Å². The summed E-state index contributed by atoms with van der Waals surface area (Å²) in [6.07, 6.45) is 0. The zero-order chi connectivity index (χ0) is 11.8. The molecule has 0 radical (unpaired) electrons. The minimum Gasteiger partial charge on any atom is -0.459 e. The minimum atomic E-state index is -0.383. The summed E-state index contributed by atoms with van der Waals surface area (Å²) in [4.78, 5) is 11.1. The SMILES string of the molecule is CCOCC(=O)OCc1ccc(C#N)cc1. The average molecular weight is 219 g/mol. The van der Waals surface area contributed by atoms with Gasteiger partial charge in [-0.05, 0) is 24.6 Å². The zero-order valence-corrected chi connectivity index (χ0v) is 9.10. The Balaban J connectivity index is 2.37. The molecule has 0 aliphatic rings. The van der Waals surface area contributed by atoms with E-state index in [0.717, 1.165) is 5.56 Å². The van der Waals surface area contributed by atoms with Crippen molar-refractivity contribution in [3.05, 3.63) is 35.4 Å². The summed E-state index contributed by atoms with van der Waals surface area (Å²) in [5.74, 6) is -0.383. The second-order valence-electron chi connectivity index (χ2n) is 3.11. The van der Waals surface area contributed by atoms with Crippen molar-refractivity contribution in [3.63, 3.8) is 0 Å². The highest BCUT2D eigenvalue weighted by Crippen LogP contribution is 2.04. The van der Waals surface area contributed by atoms with E-state index in [1.54, 1.807) is 24.3 Å². The van der Waals surface area contributed by atoms with Gasteiger partial charge in [-0.2, -0.15) is 5.26 Å². The molecule has 0 unspecified atom stereocenters. The van der Waals surface area contributed by atoms with Crippen LogP contribution in [-0.4, -0.2) is 19.2 Å². The van der Waals surface area contributed by atoms with Crippen molar-refractivity contribution in [2.45, 2.75) is 13.5 Å². The third-order valence-corrected chi connectivity index (χ3v) is 1.91. The number of benzene rings is 1. The number of rotatable bonds is 5.